The molecular formula is C30H42O7. The maximum absolute atomic E-state index is 14.5. The quantitative estimate of drug-likeness (QED) is 0.217. The Bertz CT molecular complexity index is 1070. The fraction of sp³-hybridized carbons (Fsp3) is 0.700. The zero-order valence-corrected chi connectivity index (χ0v) is 23.0. The Morgan fingerprint density at radius 2 is 1.92 bits per heavy atom. The monoisotopic (exact) mass is 514 g/mol. The van der Waals surface area contributed by atoms with Crippen LogP contribution in [0.1, 0.15) is 73.6 Å². The van der Waals surface area contributed by atoms with Gasteiger partial charge in [0.2, 0.25) is 0 Å². The van der Waals surface area contributed by atoms with E-state index < -0.39 is 41.1 Å². The molecule has 204 valence electrons. The van der Waals surface area contributed by atoms with Gasteiger partial charge in [-0.05, 0) is 60.5 Å². The average molecular weight is 515 g/mol. The van der Waals surface area contributed by atoms with Crippen molar-refractivity contribution >= 4 is 17.7 Å². The van der Waals surface area contributed by atoms with Crippen molar-refractivity contribution in [3.05, 3.63) is 35.5 Å². The van der Waals surface area contributed by atoms with Gasteiger partial charge in [-0.3, -0.25) is 9.59 Å². The van der Waals surface area contributed by atoms with E-state index in [1.807, 2.05) is 6.92 Å². The molecule has 37 heavy (non-hydrogen) atoms. The molecule has 0 aromatic carbocycles. The molecule has 1 spiro atoms. The molecule has 4 rings (SSSR count). The van der Waals surface area contributed by atoms with Crippen molar-refractivity contribution in [3.63, 3.8) is 0 Å². The molecule has 7 heteroatoms. The maximum atomic E-state index is 14.5. The van der Waals surface area contributed by atoms with Gasteiger partial charge in [-0.15, -0.1) is 0 Å². The summed E-state index contributed by atoms with van der Waals surface area (Å²) in [5.74, 6) is -1.88. The van der Waals surface area contributed by atoms with E-state index in [1.165, 1.54) is 6.92 Å². The lowest BCUT2D eigenvalue weighted by Gasteiger charge is -2.48. The summed E-state index contributed by atoms with van der Waals surface area (Å²) in [7, 11) is 0. The highest BCUT2D eigenvalue weighted by molar-refractivity contribution is 5.96. The van der Waals surface area contributed by atoms with Crippen LogP contribution in [-0.2, 0) is 23.9 Å². The van der Waals surface area contributed by atoms with Gasteiger partial charge in [0.05, 0.1) is 5.41 Å². The Morgan fingerprint density at radius 1 is 1.24 bits per heavy atom. The first-order valence-corrected chi connectivity index (χ1v) is 13.6. The second-order valence-corrected chi connectivity index (χ2v) is 12.3. The number of aliphatic hydroxyl groups is 2. The predicted octanol–water partition coefficient (Wildman–Crippen LogP) is 4.07. The van der Waals surface area contributed by atoms with Crippen molar-refractivity contribution in [2.24, 2.45) is 34.5 Å². The van der Waals surface area contributed by atoms with Crippen LogP contribution in [0, 0.1) is 34.5 Å². The number of hydrogen-bond acceptors (Lipinski definition) is 7. The fourth-order valence-electron chi connectivity index (χ4n) is 7.65. The van der Waals surface area contributed by atoms with E-state index in [9.17, 15) is 24.6 Å². The van der Waals surface area contributed by atoms with E-state index in [0.29, 0.717) is 24.0 Å². The molecule has 2 bridgehead atoms. The largest absolute Gasteiger partial charge is 0.461 e. The van der Waals surface area contributed by atoms with Crippen LogP contribution in [-0.4, -0.2) is 52.4 Å². The summed E-state index contributed by atoms with van der Waals surface area (Å²) in [5, 5.41) is 24.4. The second-order valence-electron chi connectivity index (χ2n) is 12.3. The first-order chi connectivity index (χ1) is 17.2. The van der Waals surface area contributed by atoms with Crippen LogP contribution >= 0.6 is 0 Å². The lowest BCUT2D eigenvalue weighted by molar-refractivity contribution is -0.202. The molecule has 2 unspecified atom stereocenters. The van der Waals surface area contributed by atoms with E-state index in [2.05, 4.69) is 27.4 Å². The first kappa shape index (κ1) is 27.8. The van der Waals surface area contributed by atoms with Crippen molar-refractivity contribution in [1.29, 1.82) is 0 Å². The number of unbranched alkanes of at least 4 members (excludes halogenated alkanes) is 2. The highest BCUT2D eigenvalue weighted by Crippen LogP contribution is 2.71. The molecular weight excluding hydrogens is 472 g/mol. The molecule has 8 atom stereocenters. The summed E-state index contributed by atoms with van der Waals surface area (Å²) >= 11 is 0. The SMILES string of the molecule is C=C(CCCCC)C(=O)O[C@H]1C(C)=CC23C(=O)[C@@H](C=C(COC(C)=O)[C@@H](O)[C@]12O)C1[C@@H](C[C@H]3C)C1(C)C. The topological polar surface area (TPSA) is 110 Å². The van der Waals surface area contributed by atoms with Crippen LogP contribution < -0.4 is 0 Å². The molecule has 0 aromatic heterocycles. The highest BCUT2D eigenvalue weighted by atomic mass is 16.6. The molecule has 0 saturated heterocycles. The fourth-order valence-corrected chi connectivity index (χ4v) is 7.65. The number of ether oxygens (including phenoxy) is 2. The van der Waals surface area contributed by atoms with E-state index in [1.54, 1.807) is 19.1 Å². The van der Waals surface area contributed by atoms with Crippen molar-refractivity contribution < 1.29 is 34.1 Å². The molecule has 4 aliphatic carbocycles. The summed E-state index contributed by atoms with van der Waals surface area (Å²) in [6, 6.07) is 0. The Morgan fingerprint density at radius 3 is 2.54 bits per heavy atom. The number of Topliss-reactive ketones (excluding diaryl/α,β-unsaturated/α-hetero) is 1. The predicted molar refractivity (Wildman–Crippen MR) is 138 cm³/mol. The van der Waals surface area contributed by atoms with Crippen molar-refractivity contribution in [3.8, 4) is 0 Å². The molecule has 7 nitrogen and oxygen atoms in total. The summed E-state index contributed by atoms with van der Waals surface area (Å²) in [5.41, 5.74) is -2.57. The van der Waals surface area contributed by atoms with Gasteiger partial charge in [0.15, 0.2) is 17.5 Å². The lowest BCUT2D eigenvalue weighted by atomic mass is 9.59. The van der Waals surface area contributed by atoms with E-state index in [0.717, 1.165) is 19.3 Å². The van der Waals surface area contributed by atoms with Crippen molar-refractivity contribution in [2.75, 3.05) is 6.61 Å². The maximum Gasteiger partial charge on any atom is 0.334 e. The number of aliphatic hydroxyl groups excluding tert-OH is 1. The smallest absolute Gasteiger partial charge is 0.334 e. The summed E-state index contributed by atoms with van der Waals surface area (Å²) in [6.45, 7) is 14.9. The number of carbonyl (C=O) groups excluding carboxylic acids is 3. The first-order valence-electron chi connectivity index (χ1n) is 13.6. The minimum Gasteiger partial charge on any atom is -0.461 e. The van der Waals surface area contributed by atoms with Gasteiger partial charge in [0.25, 0.3) is 0 Å². The van der Waals surface area contributed by atoms with Crippen LogP contribution in [0.25, 0.3) is 0 Å². The zero-order chi connectivity index (χ0) is 27.5. The lowest BCUT2D eigenvalue weighted by Crippen LogP contribution is -2.65. The van der Waals surface area contributed by atoms with Crippen LogP contribution in [0.2, 0.25) is 0 Å². The van der Waals surface area contributed by atoms with Crippen LogP contribution in [0.3, 0.4) is 0 Å². The Labute approximate surface area is 220 Å². The standard InChI is InChI=1S/C30H42O7/c1-8-9-10-11-16(2)27(34)37-26-17(3)14-29-18(4)12-22-23(28(22,6)7)21(25(29)33)13-20(15-36-19(5)31)24(32)30(26,29)35/h13-14,18,21-24,26,32,35H,2,8-12,15H2,1,3-7H3/t18-,21+,22-,23?,24-,26+,29?,30+/m1/s1. The minimum absolute atomic E-state index is 0.0531. The molecule has 2 N–H and O–H groups in total. The van der Waals surface area contributed by atoms with Gasteiger partial charge in [0, 0.05) is 18.4 Å². The third kappa shape index (κ3) is 4.04. The number of allylic oxidation sites excluding steroid dienone is 1. The van der Waals surface area contributed by atoms with Gasteiger partial charge in [-0.2, -0.15) is 0 Å². The molecule has 4 aliphatic rings. The molecule has 0 amide bonds. The summed E-state index contributed by atoms with van der Waals surface area (Å²) < 4.78 is 11.1. The average Bonchev–Trinajstić information content (AvgIpc) is 3.31. The van der Waals surface area contributed by atoms with Crippen molar-refractivity contribution in [1.82, 2.24) is 0 Å². The van der Waals surface area contributed by atoms with Gasteiger partial charge in [-0.1, -0.05) is 59.3 Å². The Balaban J connectivity index is 1.78. The highest BCUT2D eigenvalue weighted by Gasteiger charge is 2.76. The summed E-state index contributed by atoms with van der Waals surface area (Å²) in [4.78, 5) is 39.2. The third-order valence-electron chi connectivity index (χ3n) is 9.75. The van der Waals surface area contributed by atoms with Gasteiger partial charge < -0.3 is 19.7 Å². The number of ketones is 1. The molecule has 0 aromatic rings. The van der Waals surface area contributed by atoms with E-state index >= 15 is 0 Å². The summed E-state index contributed by atoms with van der Waals surface area (Å²) in [6.07, 6.45) is 4.56. The number of carbonyl (C=O) groups is 3. The van der Waals surface area contributed by atoms with Crippen molar-refractivity contribution in [2.45, 2.75) is 91.5 Å². The van der Waals surface area contributed by atoms with Crippen LogP contribution in [0.5, 0.6) is 0 Å². The molecule has 2 saturated carbocycles. The van der Waals surface area contributed by atoms with Gasteiger partial charge >= 0.3 is 11.9 Å². The van der Waals surface area contributed by atoms with Crippen LogP contribution in [0.4, 0.5) is 0 Å². The molecule has 0 aliphatic heterocycles. The number of rotatable bonds is 8. The Kier molecular flexibility index (Phi) is 7.13. The van der Waals surface area contributed by atoms with E-state index in [4.69, 9.17) is 9.47 Å². The van der Waals surface area contributed by atoms with Crippen LogP contribution in [0.15, 0.2) is 35.5 Å². The van der Waals surface area contributed by atoms with Gasteiger partial charge in [0.1, 0.15) is 12.7 Å². The third-order valence-corrected chi connectivity index (χ3v) is 9.75. The number of esters is 2. The number of fused-ring (bicyclic) bond motifs is 3. The normalized spacial score (nSPS) is 39.3. The minimum atomic E-state index is -2.14. The Hall–Kier alpha value is -2.25. The molecule has 2 fully saturated rings. The molecule has 0 heterocycles. The van der Waals surface area contributed by atoms with Gasteiger partial charge in [-0.25, -0.2) is 4.79 Å². The second kappa shape index (κ2) is 9.49. The molecule has 0 radical (unpaired) electrons. The number of hydrogen-bond donors (Lipinski definition) is 2. The van der Waals surface area contributed by atoms with E-state index in [-0.39, 0.29) is 41.1 Å². The zero-order valence-electron chi connectivity index (χ0n) is 23.0.